The maximum Gasteiger partial charge on any atom is 0.431 e. The maximum absolute atomic E-state index is 12.5. The van der Waals surface area contributed by atoms with Crippen LogP contribution in [0.25, 0.3) is 12.2 Å². The van der Waals surface area contributed by atoms with Crippen molar-refractivity contribution in [2.45, 2.75) is 6.18 Å². The van der Waals surface area contributed by atoms with Gasteiger partial charge in [-0.05, 0) is 46.3 Å². The lowest BCUT2D eigenvalue weighted by molar-refractivity contribution is -0.141. The van der Waals surface area contributed by atoms with E-state index in [0.717, 1.165) is 6.07 Å². The van der Waals surface area contributed by atoms with Gasteiger partial charge in [0.15, 0.2) is 4.67 Å². The van der Waals surface area contributed by atoms with Crippen LogP contribution in [0.5, 0.6) is 0 Å². The van der Waals surface area contributed by atoms with Gasteiger partial charge in [-0.3, -0.25) is 0 Å². The summed E-state index contributed by atoms with van der Waals surface area (Å²) in [5.74, 6) is 0.419. The maximum atomic E-state index is 12.5. The highest BCUT2D eigenvalue weighted by atomic mass is 79.9. The Morgan fingerprint density at radius 1 is 1.32 bits per heavy atom. The number of halogens is 4. The molecule has 2 aromatic heterocycles. The van der Waals surface area contributed by atoms with E-state index in [1.807, 2.05) is 0 Å². The van der Waals surface area contributed by atoms with E-state index in [1.165, 1.54) is 12.2 Å². The number of alkyl halides is 3. The Balaban J connectivity index is 2.33. The molecule has 0 aliphatic carbocycles. The van der Waals surface area contributed by atoms with Crippen molar-refractivity contribution < 1.29 is 17.6 Å². The number of aromatic amines is 1. The zero-order valence-electron chi connectivity index (χ0n) is 9.16. The molecular weight excluding hydrogens is 329 g/mol. The fourth-order valence-electron chi connectivity index (χ4n) is 1.30. The molecule has 0 spiro atoms. The van der Waals surface area contributed by atoms with Crippen LogP contribution in [0.4, 0.5) is 13.2 Å². The molecule has 2 rings (SSSR count). The van der Waals surface area contributed by atoms with E-state index >= 15 is 0 Å². The summed E-state index contributed by atoms with van der Waals surface area (Å²) in [7, 11) is 0. The van der Waals surface area contributed by atoms with E-state index in [2.05, 4.69) is 20.9 Å². The Bertz CT molecular complexity index is 673. The number of furan rings is 1. The first kappa shape index (κ1) is 13.6. The summed E-state index contributed by atoms with van der Waals surface area (Å²) in [6.45, 7) is 0. The van der Waals surface area contributed by atoms with Crippen LogP contribution >= 0.6 is 15.9 Å². The molecule has 0 saturated heterocycles. The van der Waals surface area contributed by atoms with Crippen LogP contribution in [0.3, 0.4) is 0 Å². The fraction of sp³-hybridized carbons (Fsp3) is 0.0909. The molecule has 2 aromatic rings. The number of rotatable bonds is 2. The van der Waals surface area contributed by atoms with Crippen molar-refractivity contribution in [3.8, 4) is 0 Å². The third kappa shape index (κ3) is 3.57. The summed E-state index contributed by atoms with van der Waals surface area (Å²) in [5, 5.41) is 0. The molecule has 0 unspecified atom stereocenters. The predicted molar refractivity (Wildman–Crippen MR) is 65.2 cm³/mol. The topological polar surface area (TPSA) is 58.9 Å². The molecule has 0 atom stereocenters. The summed E-state index contributed by atoms with van der Waals surface area (Å²) in [5.41, 5.74) is -2.31. The van der Waals surface area contributed by atoms with Crippen molar-refractivity contribution in [2.24, 2.45) is 0 Å². The van der Waals surface area contributed by atoms with Crippen molar-refractivity contribution in [3.05, 3.63) is 50.5 Å². The zero-order valence-corrected chi connectivity index (χ0v) is 10.7. The summed E-state index contributed by atoms with van der Waals surface area (Å²) in [6.07, 6.45) is -1.96. The van der Waals surface area contributed by atoms with Gasteiger partial charge in [0.2, 0.25) is 0 Å². The lowest BCUT2D eigenvalue weighted by Gasteiger charge is -2.05. The largest absolute Gasteiger partial charge is 0.450 e. The minimum Gasteiger partial charge on any atom is -0.450 e. The van der Waals surface area contributed by atoms with Crippen LogP contribution < -0.4 is 5.69 Å². The first-order chi connectivity index (χ1) is 8.84. The monoisotopic (exact) mass is 334 g/mol. The summed E-state index contributed by atoms with van der Waals surface area (Å²) >= 11 is 3.09. The van der Waals surface area contributed by atoms with E-state index in [4.69, 9.17) is 4.42 Å². The number of nitrogens with one attached hydrogen (secondary N) is 1. The van der Waals surface area contributed by atoms with Gasteiger partial charge in [0.1, 0.15) is 11.5 Å². The Morgan fingerprint density at radius 2 is 2.05 bits per heavy atom. The van der Waals surface area contributed by atoms with Gasteiger partial charge in [-0.2, -0.15) is 18.2 Å². The Morgan fingerprint density at radius 3 is 2.63 bits per heavy atom. The molecule has 0 saturated carbocycles. The minimum absolute atomic E-state index is 0.108. The van der Waals surface area contributed by atoms with Gasteiger partial charge in [-0.15, -0.1) is 0 Å². The molecular formula is C11H6BrF3N2O2. The van der Waals surface area contributed by atoms with Crippen LogP contribution in [0, 0.1) is 0 Å². The third-order valence-electron chi connectivity index (χ3n) is 2.08. The Hall–Kier alpha value is -1.83. The molecule has 2 heterocycles. The standard InChI is InChI=1S/C11H6BrF3N2O2/c12-9-4-3-7(19-9)2-1-6-5-8(11(13,14)15)17-10(18)16-6/h1-5H,(H,16,17,18)/b2-1+. The number of hydrogen-bond donors (Lipinski definition) is 1. The summed E-state index contributed by atoms with van der Waals surface area (Å²) in [4.78, 5) is 16.1. The van der Waals surface area contributed by atoms with Gasteiger partial charge in [-0.25, -0.2) is 4.79 Å². The smallest absolute Gasteiger partial charge is 0.431 e. The zero-order chi connectivity index (χ0) is 14.0. The number of H-pyrrole nitrogens is 1. The van der Waals surface area contributed by atoms with E-state index in [9.17, 15) is 18.0 Å². The number of aromatic nitrogens is 2. The van der Waals surface area contributed by atoms with Crippen LogP contribution in [0.1, 0.15) is 17.1 Å². The van der Waals surface area contributed by atoms with Crippen LogP contribution in [0.2, 0.25) is 0 Å². The van der Waals surface area contributed by atoms with Crippen LogP contribution in [-0.4, -0.2) is 9.97 Å². The second-order valence-corrected chi connectivity index (χ2v) is 4.28. The Labute approximate surface area is 113 Å². The van der Waals surface area contributed by atoms with Crippen molar-refractivity contribution in [2.75, 3.05) is 0 Å². The fourth-order valence-corrected chi connectivity index (χ4v) is 1.62. The molecule has 4 nitrogen and oxygen atoms in total. The van der Waals surface area contributed by atoms with Crippen molar-refractivity contribution >= 4 is 28.1 Å². The highest BCUT2D eigenvalue weighted by molar-refractivity contribution is 9.10. The van der Waals surface area contributed by atoms with Gasteiger partial charge >= 0.3 is 11.9 Å². The van der Waals surface area contributed by atoms with Gasteiger partial charge in [0.05, 0.1) is 5.69 Å². The highest BCUT2D eigenvalue weighted by Crippen LogP contribution is 2.27. The molecule has 0 aromatic carbocycles. The van der Waals surface area contributed by atoms with E-state index in [-0.39, 0.29) is 5.69 Å². The van der Waals surface area contributed by atoms with E-state index < -0.39 is 17.6 Å². The number of nitrogens with zero attached hydrogens (tertiary/aromatic N) is 1. The SMILES string of the molecule is O=c1nc(/C=C/c2ccc(Br)o2)cc(C(F)(F)F)[nH]1. The predicted octanol–water partition coefficient (Wildman–Crippen LogP) is 3.31. The Kier molecular flexibility index (Phi) is 3.61. The average molecular weight is 335 g/mol. The lowest BCUT2D eigenvalue weighted by atomic mass is 10.3. The second kappa shape index (κ2) is 5.04. The van der Waals surface area contributed by atoms with Crippen LogP contribution in [-0.2, 0) is 6.18 Å². The third-order valence-corrected chi connectivity index (χ3v) is 2.51. The molecule has 0 bridgehead atoms. The molecule has 0 aliphatic heterocycles. The molecule has 8 heteroatoms. The molecule has 0 amide bonds. The van der Waals surface area contributed by atoms with E-state index in [0.29, 0.717) is 10.4 Å². The van der Waals surface area contributed by atoms with Gasteiger partial charge < -0.3 is 9.40 Å². The van der Waals surface area contributed by atoms with Gasteiger partial charge in [0.25, 0.3) is 0 Å². The van der Waals surface area contributed by atoms with Crippen molar-refractivity contribution in [3.63, 3.8) is 0 Å². The lowest BCUT2D eigenvalue weighted by Crippen LogP contribution is -2.19. The normalized spacial score (nSPS) is 12.2. The number of hydrogen-bond acceptors (Lipinski definition) is 3. The van der Waals surface area contributed by atoms with Gasteiger partial charge in [-0.1, -0.05) is 0 Å². The second-order valence-electron chi connectivity index (χ2n) is 3.50. The molecule has 0 aliphatic rings. The summed E-state index contributed by atoms with van der Waals surface area (Å²) in [6, 6.07) is 3.99. The van der Waals surface area contributed by atoms with E-state index in [1.54, 1.807) is 17.1 Å². The molecule has 19 heavy (non-hydrogen) atoms. The minimum atomic E-state index is -4.63. The van der Waals surface area contributed by atoms with Gasteiger partial charge in [0, 0.05) is 0 Å². The highest BCUT2D eigenvalue weighted by Gasteiger charge is 2.32. The average Bonchev–Trinajstić information content (AvgIpc) is 2.71. The molecule has 100 valence electrons. The summed E-state index contributed by atoms with van der Waals surface area (Å²) < 4.78 is 43.0. The molecule has 0 radical (unpaired) electrons. The quantitative estimate of drug-likeness (QED) is 0.916. The first-order valence-electron chi connectivity index (χ1n) is 4.96. The first-order valence-corrected chi connectivity index (χ1v) is 5.76. The van der Waals surface area contributed by atoms with Crippen LogP contribution in [0.15, 0.2) is 32.1 Å². The van der Waals surface area contributed by atoms with Crippen molar-refractivity contribution in [1.29, 1.82) is 0 Å². The van der Waals surface area contributed by atoms with Crippen molar-refractivity contribution in [1.82, 2.24) is 9.97 Å². The molecule has 1 N–H and O–H groups in total. The molecule has 0 fully saturated rings.